The summed E-state index contributed by atoms with van der Waals surface area (Å²) in [6, 6.07) is -0.902. The fourth-order valence-corrected chi connectivity index (χ4v) is 4.32. The Kier molecular flexibility index (Phi) is 3.70. The molecule has 8 heteroatoms. The Hall–Kier alpha value is -1.31. The number of urea groups is 1. The van der Waals surface area contributed by atoms with Crippen molar-refractivity contribution in [1.29, 1.82) is 0 Å². The van der Waals surface area contributed by atoms with Crippen molar-refractivity contribution in [3.8, 4) is 0 Å². The van der Waals surface area contributed by atoms with E-state index in [1.54, 1.807) is 0 Å². The van der Waals surface area contributed by atoms with E-state index in [9.17, 15) is 23.1 Å². The van der Waals surface area contributed by atoms with Gasteiger partial charge in [-0.25, -0.2) is 18.0 Å². The van der Waals surface area contributed by atoms with Gasteiger partial charge in [-0.2, -0.15) is 0 Å². The van der Waals surface area contributed by atoms with E-state index in [0.29, 0.717) is 6.42 Å². The number of sulfone groups is 1. The van der Waals surface area contributed by atoms with E-state index in [4.69, 9.17) is 0 Å². The van der Waals surface area contributed by atoms with Crippen LogP contribution in [0.5, 0.6) is 0 Å². The second-order valence-corrected chi connectivity index (χ2v) is 8.11. The molecule has 0 radical (unpaired) electrons. The predicted octanol–water partition coefficient (Wildman–Crippen LogP) is 0.0682. The van der Waals surface area contributed by atoms with Gasteiger partial charge in [0.25, 0.3) is 0 Å². The molecule has 1 aliphatic carbocycles. The van der Waals surface area contributed by atoms with E-state index in [0.717, 1.165) is 12.8 Å². The Bertz CT molecular complexity index is 528. The van der Waals surface area contributed by atoms with E-state index >= 15 is 0 Å². The Balaban J connectivity index is 2.02. The summed E-state index contributed by atoms with van der Waals surface area (Å²) in [6.07, 6.45) is 1.97. The first-order valence-electron chi connectivity index (χ1n) is 6.64. The predicted molar refractivity (Wildman–Crippen MR) is 72.1 cm³/mol. The normalized spacial score (nSPS) is 27.6. The number of aliphatic carboxylic acids is 1. The molecule has 2 fully saturated rings. The molecule has 2 aliphatic rings. The average molecular weight is 304 g/mol. The molecule has 2 amide bonds. The van der Waals surface area contributed by atoms with Crippen molar-refractivity contribution in [2.75, 3.05) is 18.6 Å². The zero-order chi connectivity index (χ0) is 15.1. The minimum Gasteiger partial charge on any atom is -0.480 e. The fourth-order valence-electron chi connectivity index (χ4n) is 2.55. The van der Waals surface area contributed by atoms with Gasteiger partial charge in [0.2, 0.25) is 0 Å². The van der Waals surface area contributed by atoms with Crippen LogP contribution < -0.4 is 5.32 Å². The third kappa shape index (κ3) is 2.89. The maximum atomic E-state index is 12.2. The van der Waals surface area contributed by atoms with Gasteiger partial charge in [0.15, 0.2) is 9.84 Å². The summed E-state index contributed by atoms with van der Waals surface area (Å²) in [4.78, 5) is 24.8. The summed E-state index contributed by atoms with van der Waals surface area (Å²) in [7, 11) is -1.57. The van der Waals surface area contributed by atoms with E-state index in [1.807, 2.05) is 0 Å². The first kappa shape index (κ1) is 15.1. The standard InChI is InChI=1S/C12H20N2O5S/c1-12(10(15)16,8-3-4-8)13-11(17)14(2)9-5-6-20(18,19)7-9/h8-9H,3-7H2,1-2H3,(H,13,17)(H,15,16). The number of hydrogen-bond donors (Lipinski definition) is 2. The lowest BCUT2D eigenvalue weighted by Gasteiger charge is -2.31. The number of amides is 2. The molecule has 1 aliphatic heterocycles. The van der Waals surface area contributed by atoms with Gasteiger partial charge in [0.05, 0.1) is 11.5 Å². The molecule has 0 aromatic carbocycles. The lowest BCUT2D eigenvalue weighted by Crippen LogP contribution is -2.58. The number of carbonyl (C=O) groups excluding carboxylic acids is 1. The molecular formula is C12H20N2O5S. The van der Waals surface area contributed by atoms with Crippen LogP contribution in [0.1, 0.15) is 26.2 Å². The third-order valence-electron chi connectivity index (χ3n) is 4.28. The van der Waals surface area contributed by atoms with Crippen LogP contribution in [0.3, 0.4) is 0 Å². The Morgan fingerprint density at radius 3 is 2.30 bits per heavy atom. The molecule has 0 aromatic heterocycles. The van der Waals surface area contributed by atoms with Crippen molar-refractivity contribution >= 4 is 21.8 Å². The Morgan fingerprint density at radius 1 is 1.30 bits per heavy atom. The summed E-state index contributed by atoms with van der Waals surface area (Å²) in [5.74, 6) is -1.08. The molecule has 0 spiro atoms. The number of nitrogens with one attached hydrogen (secondary N) is 1. The van der Waals surface area contributed by atoms with Gasteiger partial charge in [-0.05, 0) is 32.1 Å². The Labute approximate surface area is 118 Å². The lowest BCUT2D eigenvalue weighted by atomic mass is 9.96. The topological polar surface area (TPSA) is 104 Å². The first-order chi connectivity index (χ1) is 9.16. The van der Waals surface area contributed by atoms with Crippen LogP contribution in [-0.2, 0) is 14.6 Å². The fraction of sp³-hybridized carbons (Fsp3) is 0.833. The molecule has 2 unspecified atom stereocenters. The molecule has 20 heavy (non-hydrogen) atoms. The van der Waals surface area contributed by atoms with Gasteiger partial charge in [0.1, 0.15) is 5.54 Å². The molecule has 1 saturated carbocycles. The zero-order valence-corrected chi connectivity index (χ0v) is 12.4. The summed E-state index contributed by atoms with van der Waals surface area (Å²) in [5, 5.41) is 11.8. The summed E-state index contributed by atoms with van der Waals surface area (Å²) in [6.45, 7) is 1.50. The van der Waals surface area contributed by atoms with E-state index in [2.05, 4.69) is 5.32 Å². The second-order valence-electron chi connectivity index (χ2n) is 5.88. The molecule has 1 saturated heterocycles. The minimum atomic E-state index is -3.08. The van der Waals surface area contributed by atoms with Crippen molar-refractivity contribution in [3.63, 3.8) is 0 Å². The highest BCUT2D eigenvalue weighted by molar-refractivity contribution is 7.91. The molecule has 0 bridgehead atoms. The van der Waals surface area contributed by atoms with Crippen LogP contribution in [0.25, 0.3) is 0 Å². The van der Waals surface area contributed by atoms with Crippen LogP contribution in [0, 0.1) is 5.92 Å². The van der Waals surface area contributed by atoms with Crippen LogP contribution in [0.15, 0.2) is 0 Å². The highest BCUT2D eigenvalue weighted by Gasteiger charge is 2.49. The SMILES string of the molecule is CN(C(=O)NC(C)(C(=O)O)C1CC1)C1CCS(=O)(=O)C1. The second kappa shape index (κ2) is 4.91. The van der Waals surface area contributed by atoms with E-state index < -0.39 is 27.4 Å². The highest BCUT2D eigenvalue weighted by atomic mass is 32.2. The van der Waals surface area contributed by atoms with Gasteiger partial charge in [-0.15, -0.1) is 0 Å². The molecule has 7 nitrogen and oxygen atoms in total. The van der Waals surface area contributed by atoms with E-state index in [1.165, 1.54) is 18.9 Å². The summed E-state index contributed by atoms with van der Waals surface area (Å²) in [5.41, 5.74) is -1.27. The monoisotopic (exact) mass is 304 g/mol. The quantitative estimate of drug-likeness (QED) is 0.765. The summed E-state index contributed by atoms with van der Waals surface area (Å²) >= 11 is 0. The van der Waals surface area contributed by atoms with Gasteiger partial charge in [-0.3, -0.25) is 0 Å². The van der Waals surface area contributed by atoms with Gasteiger partial charge < -0.3 is 15.3 Å². The number of nitrogens with zero attached hydrogens (tertiary/aromatic N) is 1. The van der Waals surface area contributed by atoms with Gasteiger partial charge in [-0.1, -0.05) is 0 Å². The smallest absolute Gasteiger partial charge is 0.329 e. The molecule has 0 aromatic rings. The number of rotatable bonds is 4. The van der Waals surface area contributed by atoms with Crippen molar-refractivity contribution in [2.24, 2.45) is 5.92 Å². The van der Waals surface area contributed by atoms with Crippen LogP contribution >= 0.6 is 0 Å². The van der Waals surface area contributed by atoms with Crippen LogP contribution in [-0.4, -0.2) is 60.6 Å². The maximum absolute atomic E-state index is 12.2. The summed E-state index contributed by atoms with van der Waals surface area (Å²) < 4.78 is 22.9. The molecular weight excluding hydrogens is 284 g/mol. The maximum Gasteiger partial charge on any atom is 0.329 e. The van der Waals surface area contributed by atoms with Crippen molar-refractivity contribution in [3.05, 3.63) is 0 Å². The number of carboxylic acid groups (broad SMARTS) is 1. The van der Waals surface area contributed by atoms with Gasteiger partial charge in [0, 0.05) is 13.1 Å². The number of carboxylic acids is 1. The molecule has 2 atom stereocenters. The van der Waals surface area contributed by atoms with E-state index in [-0.39, 0.29) is 23.5 Å². The molecule has 2 rings (SSSR count). The Morgan fingerprint density at radius 2 is 1.90 bits per heavy atom. The highest BCUT2D eigenvalue weighted by Crippen LogP contribution is 2.39. The van der Waals surface area contributed by atoms with Crippen molar-refractivity contribution in [2.45, 2.75) is 37.8 Å². The van der Waals surface area contributed by atoms with Crippen LogP contribution in [0.2, 0.25) is 0 Å². The van der Waals surface area contributed by atoms with Gasteiger partial charge >= 0.3 is 12.0 Å². The molecule has 1 heterocycles. The lowest BCUT2D eigenvalue weighted by molar-refractivity contribution is -0.144. The van der Waals surface area contributed by atoms with Crippen molar-refractivity contribution in [1.82, 2.24) is 10.2 Å². The van der Waals surface area contributed by atoms with Crippen molar-refractivity contribution < 1.29 is 23.1 Å². The first-order valence-corrected chi connectivity index (χ1v) is 8.46. The molecule has 2 N–H and O–H groups in total. The zero-order valence-electron chi connectivity index (χ0n) is 11.6. The largest absolute Gasteiger partial charge is 0.480 e. The molecule has 114 valence electrons. The minimum absolute atomic E-state index is 0.0512. The van der Waals surface area contributed by atoms with Crippen LogP contribution in [0.4, 0.5) is 4.79 Å². The average Bonchev–Trinajstić information content (AvgIpc) is 3.13. The number of carbonyl (C=O) groups is 2. The third-order valence-corrected chi connectivity index (χ3v) is 6.03. The number of hydrogen-bond acceptors (Lipinski definition) is 4.